The summed E-state index contributed by atoms with van der Waals surface area (Å²) in [4.78, 5) is 0. The fourth-order valence-corrected chi connectivity index (χ4v) is 2.42. The van der Waals surface area contributed by atoms with E-state index in [1.54, 1.807) is 13.2 Å². The first kappa shape index (κ1) is 15.2. The van der Waals surface area contributed by atoms with E-state index in [0.29, 0.717) is 13.2 Å². The SMILES string of the molecule is COCC(NCc1cc(F)ccc1Br)c1ccccc1. The molecule has 0 saturated carbocycles. The van der Waals surface area contributed by atoms with Crippen LogP contribution in [0, 0.1) is 5.82 Å². The minimum Gasteiger partial charge on any atom is -0.383 e. The Morgan fingerprint density at radius 2 is 1.95 bits per heavy atom. The minimum atomic E-state index is -0.229. The number of nitrogens with one attached hydrogen (secondary N) is 1. The third kappa shape index (κ3) is 4.13. The van der Waals surface area contributed by atoms with Crippen LogP contribution in [0.2, 0.25) is 0 Å². The molecule has 0 spiro atoms. The Kier molecular flexibility index (Phi) is 5.71. The lowest BCUT2D eigenvalue weighted by molar-refractivity contribution is 0.166. The van der Waals surface area contributed by atoms with Gasteiger partial charge < -0.3 is 10.1 Å². The van der Waals surface area contributed by atoms with Gasteiger partial charge in [-0.3, -0.25) is 0 Å². The van der Waals surface area contributed by atoms with Crippen LogP contribution in [0.1, 0.15) is 17.2 Å². The van der Waals surface area contributed by atoms with Crippen molar-refractivity contribution in [3.05, 3.63) is 69.9 Å². The molecule has 0 aromatic heterocycles. The summed E-state index contributed by atoms with van der Waals surface area (Å²) < 4.78 is 19.4. The molecule has 0 fully saturated rings. The van der Waals surface area contributed by atoms with Crippen LogP contribution >= 0.6 is 15.9 Å². The van der Waals surface area contributed by atoms with Crippen LogP contribution in [0.5, 0.6) is 0 Å². The molecule has 2 rings (SSSR count). The second-order valence-electron chi connectivity index (χ2n) is 4.54. The summed E-state index contributed by atoms with van der Waals surface area (Å²) in [6.45, 7) is 1.14. The molecule has 1 unspecified atom stereocenters. The fourth-order valence-electron chi connectivity index (χ4n) is 2.04. The average Bonchev–Trinajstić information content (AvgIpc) is 2.47. The Bertz CT molecular complexity index is 547. The van der Waals surface area contributed by atoms with E-state index in [9.17, 15) is 4.39 Å². The van der Waals surface area contributed by atoms with Gasteiger partial charge in [0.1, 0.15) is 5.82 Å². The van der Waals surface area contributed by atoms with E-state index in [1.807, 2.05) is 18.2 Å². The van der Waals surface area contributed by atoms with E-state index < -0.39 is 0 Å². The quantitative estimate of drug-likeness (QED) is 0.857. The third-order valence-electron chi connectivity index (χ3n) is 3.08. The maximum Gasteiger partial charge on any atom is 0.123 e. The summed E-state index contributed by atoms with van der Waals surface area (Å²) >= 11 is 3.44. The van der Waals surface area contributed by atoms with Crippen molar-refractivity contribution in [1.29, 1.82) is 0 Å². The smallest absolute Gasteiger partial charge is 0.123 e. The number of benzene rings is 2. The maximum absolute atomic E-state index is 13.3. The first-order valence-corrected chi connectivity index (χ1v) is 7.21. The van der Waals surface area contributed by atoms with Crippen molar-refractivity contribution in [3.8, 4) is 0 Å². The van der Waals surface area contributed by atoms with Crippen LogP contribution in [-0.4, -0.2) is 13.7 Å². The predicted octanol–water partition coefficient (Wildman–Crippen LogP) is 4.07. The highest BCUT2D eigenvalue weighted by atomic mass is 79.9. The van der Waals surface area contributed by atoms with Gasteiger partial charge in [0.25, 0.3) is 0 Å². The lowest BCUT2D eigenvalue weighted by atomic mass is 10.1. The van der Waals surface area contributed by atoms with Gasteiger partial charge in [0.15, 0.2) is 0 Å². The highest BCUT2D eigenvalue weighted by Crippen LogP contribution is 2.19. The van der Waals surface area contributed by atoms with Gasteiger partial charge in [-0.2, -0.15) is 0 Å². The second-order valence-corrected chi connectivity index (χ2v) is 5.39. The molecule has 1 atom stereocenters. The Morgan fingerprint density at radius 3 is 2.65 bits per heavy atom. The number of methoxy groups -OCH3 is 1. The van der Waals surface area contributed by atoms with Crippen LogP contribution in [0.3, 0.4) is 0 Å². The molecule has 0 bridgehead atoms. The van der Waals surface area contributed by atoms with Crippen molar-refractivity contribution in [2.24, 2.45) is 0 Å². The first-order valence-electron chi connectivity index (χ1n) is 6.42. The Morgan fingerprint density at radius 1 is 1.20 bits per heavy atom. The minimum absolute atomic E-state index is 0.0800. The Labute approximate surface area is 127 Å². The standard InChI is InChI=1S/C16H17BrFNO/c1-20-11-16(12-5-3-2-4-6-12)19-10-13-9-14(18)7-8-15(13)17/h2-9,16,19H,10-11H2,1H3. The molecule has 0 aliphatic carbocycles. The summed E-state index contributed by atoms with van der Waals surface area (Å²) in [7, 11) is 1.68. The monoisotopic (exact) mass is 337 g/mol. The first-order chi connectivity index (χ1) is 9.70. The Balaban J connectivity index is 2.07. The van der Waals surface area contributed by atoms with E-state index in [1.165, 1.54) is 12.1 Å². The van der Waals surface area contributed by atoms with Crippen molar-refractivity contribution in [2.45, 2.75) is 12.6 Å². The van der Waals surface area contributed by atoms with Crippen molar-refractivity contribution in [1.82, 2.24) is 5.32 Å². The molecule has 2 nitrogen and oxygen atoms in total. The van der Waals surface area contributed by atoms with Crippen molar-refractivity contribution >= 4 is 15.9 Å². The fraction of sp³-hybridized carbons (Fsp3) is 0.250. The normalized spacial score (nSPS) is 12.3. The number of ether oxygens (including phenoxy) is 1. The number of hydrogen-bond acceptors (Lipinski definition) is 2. The Hall–Kier alpha value is -1.23. The molecular weight excluding hydrogens is 321 g/mol. The molecular formula is C16H17BrFNO. The van der Waals surface area contributed by atoms with E-state index >= 15 is 0 Å². The van der Waals surface area contributed by atoms with Gasteiger partial charge in [-0.05, 0) is 29.3 Å². The molecule has 0 heterocycles. The summed E-state index contributed by atoms with van der Waals surface area (Å²) in [5, 5.41) is 3.40. The molecule has 2 aromatic rings. The lowest BCUT2D eigenvalue weighted by Crippen LogP contribution is -2.25. The number of halogens is 2. The molecule has 0 amide bonds. The van der Waals surface area contributed by atoms with Gasteiger partial charge in [-0.25, -0.2) is 4.39 Å². The van der Waals surface area contributed by atoms with Crippen molar-refractivity contribution < 1.29 is 9.13 Å². The van der Waals surface area contributed by atoms with Gasteiger partial charge in [0.05, 0.1) is 12.6 Å². The van der Waals surface area contributed by atoms with E-state index in [-0.39, 0.29) is 11.9 Å². The van der Waals surface area contributed by atoms with Crippen LogP contribution < -0.4 is 5.32 Å². The highest BCUT2D eigenvalue weighted by Gasteiger charge is 2.11. The summed E-state index contributed by atoms with van der Waals surface area (Å²) in [5.41, 5.74) is 2.05. The zero-order valence-electron chi connectivity index (χ0n) is 11.3. The van der Waals surface area contributed by atoms with Crippen LogP contribution in [0.25, 0.3) is 0 Å². The molecule has 0 radical (unpaired) electrons. The highest BCUT2D eigenvalue weighted by molar-refractivity contribution is 9.10. The predicted molar refractivity (Wildman–Crippen MR) is 82.0 cm³/mol. The second kappa shape index (κ2) is 7.53. The van der Waals surface area contributed by atoms with Gasteiger partial charge >= 0.3 is 0 Å². The number of rotatable bonds is 6. The van der Waals surface area contributed by atoms with Crippen molar-refractivity contribution in [2.75, 3.05) is 13.7 Å². The van der Waals surface area contributed by atoms with Gasteiger partial charge in [-0.1, -0.05) is 46.3 Å². The summed E-state index contributed by atoms with van der Waals surface area (Å²) in [6.07, 6.45) is 0. The van der Waals surface area contributed by atoms with Gasteiger partial charge in [0, 0.05) is 18.1 Å². The summed E-state index contributed by atoms with van der Waals surface area (Å²) in [6, 6.07) is 14.9. The van der Waals surface area contributed by atoms with E-state index in [4.69, 9.17) is 4.74 Å². The molecule has 0 aliphatic rings. The molecule has 106 valence electrons. The summed E-state index contributed by atoms with van der Waals surface area (Å²) in [5.74, 6) is -0.229. The largest absolute Gasteiger partial charge is 0.383 e. The maximum atomic E-state index is 13.3. The third-order valence-corrected chi connectivity index (χ3v) is 3.86. The molecule has 1 N–H and O–H groups in total. The van der Waals surface area contributed by atoms with Crippen molar-refractivity contribution in [3.63, 3.8) is 0 Å². The molecule has 4 heteroatoms. The average molecular weight is 338 g/mol. The van der Waals surface area contributed by atoms with Gasteiger partial charge in [0.2, 0.25) is 0 Å². The topological polar surface area (TPSA) is 21.3 Å². The van der Waals surface area contributed by atoms with Gasteiger partial charge in [-0.15, -0.1) is 0 Å². The van der Waals surface area contributed by atoms with E-state index in [2.05, 4.69) is 33.4 Å². The van der Waals surface area contributed by atoms with E-state index in [0.717, 1.165) is 15.6 Å². The van der Waals surface area contributed by atoms with Crippen LogP contribution in [0.4, 0.5) is 4.39 Å². The van der Waals surface area contributed by atoms with Crippen LogP contribution in [0.15, 0.2) is 53.0 Å². The molecule has 0 aliphatic heterocycles. The van der Waals surface area contributed by atoms with Crippen LogP contribution in [-0.2, 0) is 11.3 Å². The molecule has 2 aromatic carbocycles. The molecule has 0 saturated heterocycles. The zero-order chi connectivity index (χ0) is 14.4. The lowest BCUT2D eigenvalue weighted by Gasteiger charge is -2.19. The number of hydrogen-bond donors (Lipinski definition) is 1. The molecule has 20 heavy (non-hydrogen) atoms. The zero-order valence-corrected chi connectivity index (χ0v) is 12.9.